The second kappa shape index (κ2) is 5.04. The van der Waals surface area contributed by atoms with Crippen molar-refractivity contribution >= 4 is 17.3 Å². The Morgan fingerprint density at radius 3 is 2.50 bits per heavy atom. The molecule has 1 aromatic rings. The second-order valence-electron chi connectivity index (χ2n) is 4.33. The summed E-state index contributed by atoms with van der Waals surface area (Å²) in [5.74, 6) is 0. The number of piperidine rings is 1. The molecular weight excluding hydrogens is 224 g/mol. The first-order valence-electron chi connectivity index (χ1n) is 5.61. The summed E-state index contributed by atoms with van der Waals surface area (Å²) in [6.07, 6.45) is 1.60. The minimum Gasteiger partial charge on any atom is -0.388 e. The maximum absolute atomic E-state index is 10.3. The van der Waals surface area contributed by atoms with E-state index in [0.717, 1.165) is 36.6 Å². The van der Waals surface area contributed by atoms with Crippen LogP contribution in [0, 0.1) is 0 Å². The molecule has 1 heterocycles. The van der Waals surface area contributed by atoms with Gasteiger partial charge in [0, 0.05) is 17.3 Å². The highest BCUT2D eigenvalue weighted by Crippen LogP contribution is 2.20. The Hall–Kier alpha value is -0.770. The number of anilines is 1. The lowest BCUT2D eigenvalue weighted by Crippen LogP contribution is -2.46. The minimum absolute atomic E-state index is 0.578. The second-order valence-corrected chi connectivity index (χ2v) is 4.77. The van der Waals surface area contributed by atoms with Gasteiger partial charge in [-0.05, 0) is 50.2 Å². The number of rotatable bonds is 3. The van der Waals surface area contributed by atoms with Crippen LogP contribution in [-0.4, -0.2) is 30.3 Å². The van der Waals surface area contributed by atoms with Crippen molar-refractivity contribution < 1.29 is 5.11 Å². The molecule has 1 aliphatic rings. The molecule has 1 saturated heterocycles. The highest BCUT2D eigenvalue weighted by Gasteiger charge is 2.28. The third-order valence-electron chi connectivity index (χ3n) is 3.00. The lowest BCUT2D eigenvalue weighted by molar-refractivity contribution is 0.0232. The van der Waals surface area contributed by atoms with Crippen LogP contribution in [0.5, 0.6) is 0 Å². The topological polar surface area (TPSA) is 44.3 Å². The largest absolute Gasteiger partial charge is 0.388 e. The van der Waals surface area contributed by atoms with E-state index in [-0.39, 0.29) is 0 Å². The standard InChI is InChI=1S/C12H17ClN2O/c13-10-1-3-11(4-2-10)15-9-12(16)5-7-14-8-6-12/h1-4,14-16H,5-9H2. The van der Waals surface area contributed by atoms with Gasteiger partial charge < -0.3 is 15.7 Å². The van der Waals surface area contributed by atoms with Gasteiger partial charge in [-0.15, -0.1) is 0 Å². The van der Waals surface area contributed by atoms with Crippen molar-refractivity contribution in [2.24, 2.45) is 0 Å². The van der Waals surface area contributed by atoms with Gasteiger partial charge in [0.25, 0.3) is 0 Å². The molecular formula is C12H17ClN2O. The lowest BCUT2D eigenvalue weighted by Gasteiger charge is -2.33. The maximum Gasteiger partial charge on any atom is 0.0843 e. The average Bonchev–Trinajstić information content (AvgIpc) is 2.29. The summed E-state index contributed by atoms with van der Waals surface area (Å²) >= 11 is 5.80. The van der Waals surface area contributed by atoms with Crippen LogP contribution in [0.15, 0.2) is 24.3 Å². The summed E-state index contributed by atoms with van der Waals surface area (Å²) < 4.78 is 0. The molecule has 1 aliphatic heterocycles. The van der Waals surface area contributed by atoms with Crippen LogP contribution >= 0.6 is 11.6 Å². The summed E-state index contributed by atoms with van der Waals surface area (Å²) in [6, 6.07) is 7.53. The highest BCUT2D eigenvalue weighted by atomic mass is 35.5. The number of aliphatic hydroxyl groups is 1. The third kappa shape index (κ3) is 3.11. The zero-order valence-corrected chi connectivity index (χ0v) is 9.93. The van der Waals surface area contributed by atoms with E-state index in [9.17, 15) is 5.11 Å². The molecule has 0 bridgehead atoms. The van der Waals surface area contributed by atoms with Gasteiger partial charge in [0.1, 0.15) is 0 Å². The summed E-state index contributed by atoms with van der Waals surface area (Å²) in [5, 5.41) is 17.5. The molecule has 0 aliphatic carbocycles. The van der Waals surface area contributed by atoms with Crippen LogP contribution in [0.1, 0.15) is 12.8 Å². The van der Waals surface area contributed by atoms with Crippen molar-refractivity contribution in [1.29, 1.82) is 0 Å². The lowest BCUT2D eigenvalue weighted by atomic mass is 9.92. The van der Waals surface area contributed by atoms with Crippen molar-refractivity contribution in [1.82, 2.24) is 5.32 Å². The van der Waals surface area contributed by atoms with E-state index in [4.69, 9.17) is 11.6 Å². The number of benzene rings is 1. The van der Waals surface area contributed by atoms with Gasteiger partial charge in [-0.2, -0.15) is 0 Å². The van der Waals surface area contributed by atoms with Crippen LogP contribution in [0.2, 0.25) is 5.02 Å². The molecule has 16 heavy (non-hydrogen) atoms. The summed E-state index contributed by atoms with van der Waals surface area (Å²) in [5.41, 5.74) is 0.418. The van der Waals surface area contributed by atoms with Gasteiger partial charge in [0.15, 0.2) is 0 Å². The van der Waals surface area contributed by atoms with Crippen LogP contribution < -0.4 is 10.6 Å². The van der Waals surface area contributed by atoms with E-state index in [2.05, 4.69) is 10.6 Å². The molecule has 0 aromatic heterocycles. The number of nitrogens with one attached hydrogen (secondary N) is 2. The average molecular weight is 241 g/mol. The fourth-order valence-corrected chi connectivity index (χ4v) is 2.03. The van der Waals surface area contributed by atoms with Crippen LogP contribution in [-0.2, 0) is 0 Å². The predicted molar refractivity (Wildman–Crippen MR) is 67.0 cm³/mol. The fourth-order valence-electron chi connectivity index (χ4n) is 1.90. The number of halogens is 1. The molecule has 4 heteroatoms. The molecule has 88 valence electrons. The van der Waals surface area contributed by atoms with Gasteiger partial charge >= 0.3 is 0 Å². The number of hydrogen-bond acceptors (Lipinski definition) is 3. The van der Waals surface area contributed by atoms with Gasteiger partial charge in [-0.3, -0.25) is 0 Å². The summed E-state index contributed by atoms with van der Waals surface area (Å²) in [6.45, 7) is 2.37. The van der Waals surface area contributed by atoms with Gasteiger partial charge in [-0.25, -0.2) is 0 Å². The first-order chi connectivity index (χ1) is 7.68. The van der Waals surface area contributed by atoms with Crippen LogP contribution in [0.4, 0.5) is 5.69 Å². The van der Waals surface area contributed by atoms with Crippen LogP contribution in [0.25, 0.3) is 0 Å². The monoisotopic (exact) mass is 240 g/mol. The smallest absolute Gasteiger partial charge is 0.0843 e. The number of hydrogen-bond donors (Lipinski definition) is 3. The Balaban J connectivity index is 1.88. The normalized spacial score (nSPS) is 19.4. The fraction of sp³-hybridized carbons (Fsp3) is 0.500. The molecule has 2 rings (SSSR count). The van der Waals surface area contributed by atoms with Crippen molar-refractivity contribution in [3.63, 3.8) is 0 Å². The van der Waals surface area contributed by atoms with E-state index < -0.39 is 5.60 Å². The van der Waals surface area contributed by atoms with Crippen molar-refractivity contribution in [3.8, 4) is 0 Å². The van der Waals surface area contributed by atoms with Gasteiger partial charge in [0.2, 0.25) is 0 Å². The quantitative estimate of drug-likeness (QED) is 0.756. The summed E-state index contributed by atoms with van der Waals surface area (Å²) in [4.78, 5) is 0. The van der Waals surface area contributed by atoms with Crippen molar-refractivity contribution in [3.05, 3.63) is 29.3 Å². The minimum atomic E-state index is -0.578. The predicted octanol–water partition coefficient (Wildman–Crippen LogP) is 1.87. The molecule has 0 atom stereocenters. The molecule has 1 aromatic carbocycles. The molecule has 3 nitrogen and oxygen atoms in total. The first kappa shape index (κ1) is 11.7. The Morgan fingerprint density at radius 2 is 1.88 bits per heavy atom. The molecule has 0 saturated carbocycles. The van der Waals surface area contributed by atoms with E-state index >= 15 is 0 Å². The third-order valence-corrected chi connectivity index (χ3v) is 3.25. The van der Waals surface area contributed by atoms with E-state index in [0.29, 0.717) is 6.54 Å². The molecule has 0 amide bonds. The van der Waals surface area contributed by atoms with Gasteiger partial charge in [0.05, 0.1) is 5.60 Å². The highest BCUT2D eigenvalue weighted by molar-refractivity contribution is 6.30. The molecule has 0 spiro atoms. The van der Waals surface area contributed by atoms with E-state index in [1.165, 1.54) is 0 Å². The molecule has 0 unspecified atom stereocenters. The Kier molecular flexibility index (Phi) is 3.69. The molecule has 0 radical (unpaired) electrons. The zero-order valence-electron chi connectivity index (χ0n) is 9.17. The molecule has 1 fully saturated rings. The SMILES string of the molecule is OC1(CNc2ccc(Cl)cc2)CCNCC1. The summed E-state index contributed by atoms with van der Waals surface area (Å²) in [7, 11) is 0. The Bertz CT molecular complexity index is 333. The zero-order chi connectivity index (χ0) is 11.4. The van der Waals surface area contributed by atoms with Crippen molar-refractivity contribution in [2.45, 2.75) is 18.4 Å². The van der Waals surface area contributed by atoms with Crippen molar-refractivity contribution in [2.75, 3.05) is 25.0 Å². The Labute approximate surface area is 101 Å². The Morgan fingerprint density at radius 1 is 1.25 bits per heavy atom. The van der Waals surface area contributed by atoms with Crippen LogP contribution in [0.3, 0.4) is 0 Å². The first-order valence-corrected chi connectivity index (χ1v) is 5.98. The molecule has 3 N–H and O–H groups in total. The van der Waals surface area contributed by atoms with E-state index in [1.54, 1.807) is 0 Å². The van der Waals surface area contributed by atoms with E-state index in [1.807, 2.05) is 24.3 Å². The van der Waals surface area contributed by atoms with Gasteiger partial charge in [-0.1, -0.05) is 11.6 Å². The maximum atomic E-state index is 10.3.